The van der Waals surface area contributed by atoms with E-state index in [0.717, 1.165) is 38.5 Å². The van der Waals surface area contributed by atoms with Crippen molar-refractivity contribution in [3.05, 3.63) is 42.2 Å². The summed E-state index contributed by atoms with van der Waals surface area (Å²) in [6.45, 7) is 4.88. The van der Waals surface area contributed by atoms with Crippen LogP contribution in [0.1, 0.15) is 50.8 Å². The van der Waals surface area contributed by atoms with Gasteiger partial charge in [-0.15, -0.1) is 0 Å². The molecule has 0 spiro atoms. The van der Waals surface area contributed by atoms with E-state index in [9.17, 15) is 9.18 Å². The highest BCUT2D eigenvalue weighted by Gasteiger charge is 2.22. The van der Waals surface area contributed by atoms with Gasteiger partial charge >= 0.3 is 0 Å². The van der Waals surface area contributed by atoms with Gasteiger partial charge in [0.25, 0.3) is 0 Å². The van der Waals surface area contributed by atoms with Crippen LogP contribution in [-0.2, 0) is 11.2 Å². The van der Waals surface area contributed by atoms with E-state index >= 15 is 0 Å². The van der Waals surface area contributed by atoms with Gasteiger partial charge in [-0.3, -0.25) is 4.79 Å². The SMILES string of the molecule is O=C(CCc1ncc(-c2ccccc2F)o1)N1CCCN(CC2CCCCC2)CC1. The van der Waals surface area contributed by atoms with E-state index in [4.69, 9.17) is 4.42 Å². The minimum absolute atomic E-state index is 0.153. The Kier molecular flexibility index (Phi) is 7.16. The number of hydrogen-bond donors (Lipinski definition) is 0. The van der Waals surface area contributed by atoms with Crippen molar-refractivity contribution in [3.63, 3.8) is 0 Å². The number of rotatable bonds is 6. The Morgan fingerprint density at radius 3 is 2.73 bits per heavy atom. The molecule has 1 saturated carbocycles. The zero-order valence-electron chi connectivity index (χ0n) is 17.7. The lowest BCUT2D eigenvalue weighted by atomic mass is 9.89. The van der Waals surface area contributed by atoms with Crippen molar-refractivity contribution in [2.45, 2.75) is 51.4 Å². The summed E-state index contributed by atoms with van der Waals surface area (Å²) in [5.74, 6) is 1.55. The van der Waals surface area contributed by atoms with E-state index in [1.807, 2.05) is 4.90 Å². The molecule has 2 fully saturated rings. The Labute approximate surface area is 178 Å². The van der Waals surface area contributed by atoms with Gasteiger partial charge in [0, 0.05) is 39.0 Å². The highest BCUT2D eigenvalue weighted by atomic mass is 19.1. The van der Waals surface area contributed by atoms with E-state index in [2.05, 4.69) is 9.88 Å². The van der Waals surface area contributed by atoms with Gasteiger partial charge in [0.1, 0.15) is 5.82 Å². The molecule has 0 N–H and O–H groups in total. The van der Waals surface area contributed by atoms with Crippen LogP contribution in [0.25, 0.3) is 11.3 Å². The molecule has 4 rings (SSSR count). The molecule has 1 aliphatic carbocycles. The Morgan fingerprint density at radius 2 is 1.90 bits per heavy atom. The van der Waals surface area contributed by atoms with Gasteiger partial charge in [0.05, 0.1) is 11.8 Å². The van der Waals surface area contributed by atoms with Crippen molar-refractivity contribution in [2.24, 2.45) is 5.92 Å². The lowest BCUT2D eigenvalue weighted by molar-refractivity contribution is -0.131. The Bertz CT molecular complexity index is 831. The van der Waals surface area contributed by atoms with Crippen LogP contribution in [0.4, 0.5) is 4.39 Å². The molecule has 162 valence electrons. The smallest absolute Gasteiger partial charge is 0.223 e. The van der Waals surface area contributed by atoms with E-state index in [0.29, 0.717) is 30.1 Å². The first-order chi connectivity index (χ1) is 14.7. The summed E-state index contributed by atoms with van der Waals surface area (Å²) in [6.07, 6.45) is 10.3. The van der Waals surface area contributed by atoms with Gasteiger partial charge in [-0.1, -0.05) is 31.4 Å². The molecular formula is C24H32FN3O2. The molecule has 1 amide bonds. The third-order valence-corrected chi connectivity index (χ3v) is 6.43. The van der Waals surface area contributed by atoms with Crippen LogP contribution in [0.5, 0.6) is 0 Å². The van der Waals surface area contributed by atoms with Crippen LogP contribution in [0, 0.1) is 11.7 Å². The number of carbonyl (C=O) groups is 1. The summed E-state index contributed by atoms with van der Waals surface area (Å²) < 4.78 is 19.6. The van der Waals surface area contributed by atoms with Gasteiger partial charge in [0.2, 0.25) is 5.91 Å². The van der Waals surface area contributed by atoms with E-state index < -0.39 is 0 Å². The second-order valence-corrected chi connectivity index (χ2v) is 8.64. The summed E-state index contributed by atoms with van der Waals surface area (Å²) in [7, 11) is 0. The number of benzene rings is 1. The third-order valence-electron chi connectivity index (χ3n) is 6.43. The molecule has 2 heterocycles. The number of oxazole rings is 1. The van der Waals surface area contributed by atoms with Crippen LogP contribution in [0.15, 0.2) is 34.9 Å². The van der Waals surface area contributed by atoms with Gasteiger partial charge in [0.15, 0.2) is 11.7 Å². The molecule has 1 aromatic carbocycles. The van der Waals surface area contributed by atoms with Gasteiger partial charge in [-0.2, -0.15) is 0 Å². The van der Waals surface area contributed by atoms with Crippen LogP contribution >= 0.6 is 0 Å². The minimum Gasteiger partial charge on any atom is -0.441 e. The molecule has 30 heavy (non-hydrogen) atoms. The maximum atomic E-state index is 13.9. The summed E-state index contributed by atoms with van der Waals surface area (Å²) >= 11 is 0. The van der Waals surface area contributed by atoms with Crippen LogP contribution in [0.2, 0.25) is 0 Å². The molecule has 2 aromatic rings. The fourth-order valence-corrected chi connectivity index (χ4v) is 4.72. The number of carbonyl (C=O) groups excluding carboxylic acids is 1. The van der Waals surface area contributed by atoms with Gasteiger partial charge in [-0.05, 0) is 43.9 Å². The van der Waals surface area contributed by atoms with Gasteiger partial charge < -0.3 is 14.2 Å². The van der Waals surface area contributed by atoms with E-state index in [-0.39, 0.29) is 11.7 Å². The molecule has 0 bridgehead atoms. The van der Waals surface area contributed by atoms with Gasteiger partial charge in [-0.25, -0.2) is 9.37 Å². The molecule has 0 unspecified atom stereocenters. The lowest BCUT2D eigenvalue weighted by Crippen LogP contribution is -2.37. The molecule has 6 heteroatoms. The predicted molar refractivity (Wildman–Crippen MR) is 114 cm³/mol. The summed E-state index contributed by atoms with van der Waals surface area (Å²) in [5, 5.41) is 0. The van der Waals surface area contributed by atoms with Crippen molar-refractivity contribution in [1.29, 1.82) is 0 Å². The normalized spacial score (nSPS) is 19.0. The molecule has 1 aliphatic heterocycles. The fourth-order valence-electron chi connectivity index (χ4n) is 4.72. The third kappa shape index (κ3) is 5.48. The molecule has 0 radical (unpaired) electrons. The Morgan fingerprint density at radius 1 is 1.07 bits per heavy atom. The first kappa shape index (κ1) is 21.0. The van der Waals surface area contributed by atoms with Crippen LogP contribution in [0.3, 0.4) is 0 Å². The minimum atomic E-state index is -0.335. The zero-order valence-corrected chi connectivity index (χ0v) is 17.7. The van der Waals surface area contributed by atoms with E-state index in [1.165, 1.54) is 50.9 Å². The standard InChI is InChI=1S/C24H32FN3O2/c25-21-10-5-4-9-20(21)22-17-26-23(30-22)11-12-24(29)28-14-6-13-27(15-16-28)18-19-7-2-1-3-8-19/h4-5,9-10,17,19H,1-3,6-8,11-16,18H2. The maximum Gasteiger partial charge on any atom is 0.223 e. The second kappa shape index (κ2) is 10.2. The maximum absolute atomic E-state index is 13.9. The molecule has 1 aromatic heterocycles. The summed E-state index contributed by atoms with van der Waals surface area (Å²) in [5.41, 5.74) is 0.396. The van der Waals surface area contributed by atoms with Crippen molar-refractivity contribution >= 4 is 5.91 Å². The average Bonchev–Trinajstić information content (AvgIpc) is 3.11. The number of aromatic nitrogens is 1. The molecule has 1 saturated heterocycles. The van der Waals surface area contributed by atoms with Crippen molar-refractivity contribution in [3.8, 4) is 11.3 Å². The Hall–Kier alpha value is -2.21. The quantitative estimate of drug-likeness (QED) is 0.698. The first-order valence-corrected chi connectivity index (χ1v) is 11.4. The largest absolute Gasteiger partial charge is 0.441 e. The summed E-state index contributed by atoms with van der Waals surface area (Å²) in [6, 6.07) is 6.48. The molecule has 2 aliphatic rings. The first-order valence-electron chi connectivity index (χ1n) is 11.4. The topological polar surface area (TPSA) is 49.6 Å². The second-order valence-electron chi connectivity index (χ2n) is 8.64. The number of hydrogen-bond acceptors (Lipinski definition) is 4. The fraction of sp³-hybridized carbons (Fsp3) is 0.583. The van der Waals surface area contributed by atoms with E-state index in [1.54, 1.807) is 18.2 Å². The monoisotopic (exact) mass is 413 g/mol. The zero-order chi connectivity index (χ0) is 20.8. The number of halogens is 1. The lowest BCUT2D eigenvalue weighted by Gasteiger charge is -2.28. The van der Waals surface area contributed by atoms with Crippen LogP contribution in [-0.4, -0.2) is 53.4 Å². The Balaban J connectivity index is 1.25. The number of nitrogens with zero attached hydrogens (tertiary/aromatic N) is 3. The van der Waals surface area contributed by atoms with Crippen LogP contribution < -0.4 is 0 Å². The number of amides is 1. The number of aryl methyl sites for hydroxylation is 1. The highest BCUT2D eigenvalue weighted by Crippen LogP contribution is 2.25. The predicted octanol–water partition coefficient (Wildman–Crippen LogP) is 4.53. The molecule has 5 nitrogen and oxygen atoms in total. The highest BCUT2D eigenvalue weighted by molar-refractivity contribution is 5.76. The molecular weight excluding hydrogens is 381 g/mol. The van der Waals surface area contributed by atoms with Crippen molar-refractivity contribution in [2.75, 3.05) is 32.7 Å². The molecule has 0 atom stereocenters. The average molecular weight is 414 g/mol. The van der Waals surface area contributed by atoms with Crippen molar-refractivity contribution < 1.29 is 13.6 Å². The summed E-state index contributed by atoms with van der Waals surface area (Å²) in [4.78, 5) is 21.5. The van der Waals surface area contributed by atoms with Crippen molar-refractivity contribution in [1.82, 2.24) is 14.8 Å².